The molecule has 0 aliphatic heterocycles. The Morgan fingerprint density at radius 3 is 2.14 bits per heavy atom. The van der Waals surface area contributed by atoms with Crippen LogP contribution >= 0.6 is 0 Å². The summed E-state index contributed by atoms with van der Waals surface area (Å²) in [5.74, 6) is -2.17. The van der Waals surface area contributed by atoms with E-state index in [0.29, 0.717) is 18.6 Å². The van der Waals surface area contributed by atoms with Crippen LogP contribution in [0.4, 0.5) is 8.78 Å². The molecule has 2 atom stereocenters. The Morgan fingerprint density at radius 2 is 1.59 bits per heavy atom. The summed E-state index contributed by atoms with van der Waals surface area (Å²) in [6.45, 7) is 9.69. The third-order valence-electron chi connectivity index (χ3n) is 4.97. The summed E-state index contributed by atoms with van der Waals surface area (Å²) in [7, 11) is 1.32. The summed E-state index contributed by atoms with van der Waals surface area (Å²) >= 11 is 0. The van der Waals surface area contributed by atoms with E-state index in [1.165, 1.54) is 32.4 Å². The summed E-state index contributed by atoms with van der Waals surface area (Å²) < 4.78 is 44.7. The largest absolute Gasteiger partial charge is 0.498 e. The minimum absolute atomic E-state index is 0.0704. The molecule has 164 valence electrons. The van der Waals surface area contributed by atoms with Gasteiger partial charge in [-0.1, -0.05) is 51.5 Å². The molecule has 0 amide bonds. The lowest BCUT2D eigenvalue weighted by Crippen LogP contribution is -2.18. The van der Waals surface area contributed by atoms with Gasteiger partial charge in [-0.15, -0.1) is 0 Å². The highest BCUT2D eigenvalue weighted by molar-refractivity contribution is 5.28. The molecule has 1 rings (SSSR count). The van der Waals surface area contributed by atoms with Crippen molar-refractivity contribution in [3.05, 3.63) is 58.4 Å². The third kappa shape index (κ3) is 8.67. The van der Waals surface area contributed by atoms with Crippen LogP contribution in [-0.2, 0) is 27.2 Å². The number of hydrogen-bond acceptors (Lipinski definition) is 3. The molecule has 0 radical (unpaired) electrons. The van der Waals surface area contributed by atoms with Crippen molar-refractivity contribution in [1.82, 2.24) is 0 Å². The summed E-state index contributed by atoms with van der Waals surface area (Å²) in [5, 5.41) is 0. The SMILES string of the molecule is CCCCc1ccc(COC(C)OCC(C)/C(CC)=C(F)/C(F)=C(\C)OC)cc1. The van der Waals surface area contributed by atoms with E-state index >= 15 is 0 Å². The zero-order valence-electron chi connectivity index (χ0n) is 18.7. The Kier molecular flexibility index (Phi) is 11.8. The maximum absolute atomic E-state index is 14.4. The van der Waals surface area contributed by atoms with Gasteiger partial charge in [0.15, 0.2) is 17.9 Å². The van der Waals surface area contributed by atoms with Gasteiger partial charge in [-0.25, -0.2) is 8.78 Å². The minimum atomic E-state index is -0.956. The van der Waals surface area contributed by atoms with Gasteiger partial charge < -0.3 is 14.2 Å². The lowest BCUT2D eigenvalue weighted by Gasteiger charge is -2.20. The Bertz CT molecular complexity index is 665. The molecule has 2 unspecified atom stereocenters. The van der Waals surface area contributed by atoms with Crippen molar-refractivity contribution in [2.75, 3.05) is 13.7 Å². The Hall–Kier alpha value is -1.72. The first-order valence-electron chi connectivity index (χ1n) is 10.4. The number of benzene rings is 1. The molecule has 0 aliphatic carbocycles. The summed E-state index contributed by atoms with van der Waals surface area (Å²) in [6.07, 6.45) is 3.42. The van der Waals surface area contributed by atoms with Crippen molar-refractivity contribution >= 4 is 0 Å². The second-order valence-electron chi connectivity index (χ2n) is 7.30. The van der Waals surface area contributed by atoms with Crippen LogP contribution in [0.15, 0.2) is 47.3 Å². The van der Waals surface area contributed by atoms with Crippen LogP contribution in [0, 0.1) is 5.92 Å². The first kappa shape index (κ1) is 25.3. The quantitative estimate of drug-likeness (QED) is 0.199. The lowest BCUT2D eigenvalue weighted by atomic mass is 9.98. The van der Waals surface area contributed by atoms with Crippen LogP contribution in [0.5, 0.6) is 0 Å². The van der Waals surface area contributed by atoms with Crippen molar-refractivity contribution in [2.24, 2.45) is 5.92 Å². The number of ether oxygens (including phenoxy) is 3. The van der Waals surface area contributed by atoms with E-state index in [2.05, 4.69) is 31.2 Å². The lowest BCUT2D eigenvalue weighted by molar-refractivity contribution is -0.142. The molecule has 0 fully saturated rings. The number of halogens is 2. The van der Waals surface area contributed by atoms with Crippen LogP contribution < -0.4 is 0 Å². The Morgan fingerprint density at radius 1 is 0.966 bits per heavy atom. The maximum atomic E-state index is 14.4. The predicted octanol–water partition coefficient (Wildman–Crippen LogP) is 7.03. The molecular formula is C24H36F2O3. The monoisotopic (exact) mass is 410 g/mol. The van der Waals surface area contributed by atoms with Crippen LogP contribution in [-0.4, -0.2) is 20.0 Å². The fourth-order valence-electron chi connectivity index (χ4n) is 2.93. The molecule has 0 spiro atoms. The van der Waals surface area contributed by atoms with Crippen molar-refractivity contribution in [3.63, 3.8) is 0 Å². The molecule has 29 heavy (non-hydrogen) atoms. The van der Waals surface area contributed by atoms with Gasteiger partial charge in [0.2, 0.25) is 0 Å². The summed E-state index contributed by atoms with van der Waals surface area (Å²) in [6, 6.07) is 8.40. The number of allylic oxidation sites excluding steroid dienone is 3. The second-order valence-corrected chi connectivity index (χ2v) is 7.30. The second kappa shape index (κ2) is 13.5. The van der Waals surface area contributed by atoms with Gasteiger partial charge in [-0.2, -0.15) is 0 Å². The Labute approximate surface area is 174 Å². The van der Waals surface area contributed by atoms with E-state index in [1.807, 2.05) is 13.8 Å². The molecule has 0 saturated heterocycles. The van der Waals surface area contributed by atoms with E-state index in [9.17, 15) is 8.78 Å². The predicted molar refractivity (Wildman–Crippen MR) is 114 cm³/mol. The molecule has 0 aliphatic rings. The van der Waals surface area contributed by atoms with E-state index < -0.39 is 17.9 Å². The zero-order chi connectivity index (χ0) is 21.8. The number of rotatable bonds is 13. The molecule has 0 saturated carbocycles. The fraction of sp³-hybridized carbons (Fsp3) is 0.583. The van der Waals surface area contributed by atoms with Crippen LogP contribution in [0.1, 0.15) is 65.0 Å². The van der Waals surface area contributed by atoms with Gasteiger partial charge >= 0.3 is 0 Å². The average Bonchev–Trinajstić information content (AvgIpc) is 2.74. The van der Waals surface area contributed by atoms with Crippen molar-refractivity contribution in [1.29, 1.82) is 0 Å². The van der Waals surface area contributed by atoms with Crippen LogP contribution in [0.25, 0.3) is 0 Å². The highest BCUT2D eigenvalue weighted by Crippen LogP contribution is 2.28. The van der Waals surface area contributed by atoms with Gasteiger partial charge in [0, 0.05) is 5.92 Å². The van der Waals surface area contributed by atoms with E-state index in [4.69, 9.17) is 14.2 Å². The van der Waals surface area contributed by atoms with Gasteiger partial charge in [0.25, 0.3) is 0 Å². The molecule has 1 aromatic rings. The van der Waals surface area contributed by atoms with Gasteiger partial charge in [-0.05, 0) is 49.8 Å². The molecule has 0 heterocycles. The fourth-order valence-corrected chi connectivity index (χ4v) is 2.93. The smallest absolute Gasteiger partial charge is 0.195 e. The molecule has 5 heteroatoms. The minimum Gasteiger partial charge on any atom is -0.498 e. The van der Waals surface area contributed by atoms with Crippen molar-refractivity contribution in [3.8, 4) is 0 Å². The molecular weight excluding hydrogens is 374 g/mol. The van der Waals surface area contributed by atoms with Crippen molar-refractivity contribution < 1.29 is 23.0 Å². The molecule has 0 aromatic heterocycles. The average molecular weight is 411 g/mol. The standard InChI is InChI=1S/C24H36F2O3/c1-7-9-10-20-11-13-21(14-12-20)16-29-19(5)28-15-17(3)22(8-2)24(26)23(25)18(4)27-6/h11-14,17,19H,7-10,15-16H2,1-6H3/b23-18-,24-22-. The molecule has 0 N–H and O–H groups in total. The van der Waals surface area contributed by atoms with E-state index in [0.717, 1.165) is 12.0 Å². The summed E-state index contributed by atoms with van der Waals surface area (Å²) in [4.78, 5) is 0. The first-order chi connectivity index (χ1) is 13.8. The number of unbranched alkanes of at least 4 members (excludes halogenated alkanes) is 1. The molecule has 3 nitrogen and oxygen atoms in total. The van der Waals surface area contributed by atoms with Crippen molar-refractivity contribution in [2.45, 2.75) is 73.2 Å². The zero-order valence-corrected chi connectivity index (χ0v) is 18.7. The number of hydrogen-bond donors (Lipinski definition) is 0. The van der Waals surface area contributed by atoms with Gasteiger partial charge in [0.1, 0.15) is 5.76 Å². The topological polar surface area (TPSA) is 27.7 Å². The number of aryl methyl sites for hydroxylation is 1. The van der Waals surface area contributed by atoms with Crippen LogP contribution in [0.2, 0.25) is 0 Å². The van der Waals surface area contributed by atoms with Crippen LogP contribution in [0.3, 0.4) is 0 Å². The van der Waals surface area contributed by atoms with E-state index in [-0.39, 0.29) is 18.3 Å². The highest BCUT2D eigenvalue weighted by atomic mass is 19.2. The normalized spacial score (nSPS) is 15.4. The molecule has 0 bridgehead atoms. The maximum Gasteiger partial charge on any atom is 0.195 e. The first-order valence-corrected chi connectivity index (χ1v) is 10.4. The number of methoxy groups -OCH3 is 1. The van der Waals surface area contributed by atoms with E-state index in [1.54, 1.807) is 6.92 Å². The van der Waals surface area contributed by atoms with Gasteiger partial charge in [0.05, 0.1) is 20.3 Å². The summed E-state index contributed by atoms with van der Waals surface area (Å²) in [5.41, 5.74) is 2.78. The van der Waals surface area contributed by atoms with Gasteiger partial charge in [-0.3, -0.25) is 0 Å². The highest BCUT2D eigenvalue weighted by Gasteiger charge is 2.19. The Balaban J connectivity index is 2.55. The third-order valence-corrected chi connectivity index (χ3v) is 4.97. The molecule has 1 aromatic carbocycles.